The van der Waals surface area contributed by atoms with E-state index >= 15 is 0 Å². The summed E-state index contributed by atoms with van der Waals surface area (Å²) in [5, 5.41) is 3.68. The lowest BCUT2D eigenvalue weighted by Crippen LogP contribution is -2.59. The summed E-state index contributed by atoms with van der Waals surface area (Å²) in [5.41, 5.74) is 0.116. The van der Waals surface area contributed by atoms with Crippen LogP contribution in [0.5, 0.6) is 0 Å². The Morgan fingerprint density at radius 1 is 0.800 bits per heavy atom. The zero-order chi connectivity index (χ0) is 23.6. The van der Waals surface area contributed by atoms with Crippen molar-refractivity contribution in [3.05, 3.63) is 0 Å². The molecule has 7 nitrogen and oxygen atoms in total. The lowest BCUT2D eigenvalue weighted by Gasteiger charge is -2.46. The molecule has 0 saturated carbocycles. The fraction of sp³-hybridized carbons (Fsp3) is 1.00. The van der Waals surface area contributed by atoms with E-state index in [2.05, 4.69) is 33.0 Å². The van der Waals surface area contributed by atoms with Crippen molar-refractivity contribution in [3.63, 3.8) is 0 Å². The molecule has 0 amide bonds. The molecule has 1 aliphatic rings. The molecule has 1 fully saturated rings. The Kier molecular flexibility index (Phi) is 9.38. The first-order chi connectivity index (χ1) is 13.1. The summed E-state index contributed by atoms with van der Waals surface area (Å²) in [6.07, 6.45) is 3.00. The SMILES string of the molecule is CC1(C)CC(OCCC[Si](C)(O[Si](C)(C)O)O[Si](C)(C)O[Si](C)(C)O)CC(C)(C)N1. The highest BCUT2D eigenvalue weighted by Crippen LogP contribution is 2.31. The van der Waals surface area contributed by atoms with E-state index in [9.17, 15) is 9.59 Å². The van der Waals surface area contributed by atoms with Crippen LogP contribution < -0.4 is 5.32 Å². The molecule has 0 radical (unpaired) electrons. The van der Waals surface area contributed by atoms with E-state index < -0.39 is 34.2 Å². The molecule has 0 bridgehead atoms. The van der Waals surface area contributed by atoms with Crippen LogP contribution in [0.15, 0.2) is 0 Å². The summed E-state index contributed by atoms with van der Waals surface area (Å²) >= 11 is 0. The topological polar surface area (TPSA) is 89.4 Å². The van der Waals surface area contributed by atoms with E-state index in [4.69, 9.17) is 17.1 Å². The zero-order valence-corrected chi connectivity index (χ0v) is 25.1. The van der Waals surface area contributed by atoms with Crippen molar-refractivity contribution in [2.45, 2.75) is 116 Å². The number of ether oxygens (including phenoxy) is 1. The molecule has 0 aromatic rings. The third-order valence-electron chi connectivity index (χ3n) is 4.70. The minimum atomic E-state index is -2.78. The minimum absolute atomic E-state index is 0.0579. The molecule has 180 valence electrons. The van der Waals surface area contributed by atoms with Crippen molar-refractivity contribution in [1.29, 1.82) is 0 Å². The Hall–Kier alpha value is 0.588. The molecule has 1 saturated heterocycles. The third kappa shape index (κ3) is 12.0. The molecule has 11 heteroatoms. The lowest BCUT2D eigenvalue weighted by molar-refractivity contribution is -0.0217. The molecular formula is C19H47NO6Si4. The molecule has 30 heavy (non-hydrogen) atoms. The van der Waals surface area contributed by atoms with Crippen LogP contribution in [0.25, 0.3) is 0 Å². The van der Waals surface area contributed by atoms with Gasteiger partial charge in [-0.2, -0.15) is 0 Å². The first kappa shape index (κ1) is 28.6. The van der Waals surface area contributed by atoms with Gasteiger partial charge in [0.2, 0.25) is 0 Å². The smallest absolute Gasteiger partial charge is 0.320 e. The Morgan fingerprint density at radius 2 is 1.27 bits per heavy atom. The zero-order valence-electron chi connectivity index (χ0n) is 21.1. The van der Waals surface area contributed by atoms with E-state index in [0.717, 1.165) is 25.3 Å². The highest BCUT2D eigenvalue weighted by Gasteiger charge is 2.46. The summed E-state index contributed by atoms with van der Waals surface area (Å²) in [4.78, 5) is 20.6. The van der Waals surface area contributed by atoms with Gasteiger partial charge in [-0.05, 0) is 98.8 Å². The third-order valence-corrected chi connectivity index (χ3v) is 17.3. The number of piperidine rings is 1. The van der Waals surface area contributed by atoms with Gasteiger partial charge in [-0.25, -0.2) is 0 Å². The molecule has 0 aromatic heterocycles. The van der Waals surface area contributed by atoms with Gasteiger partial charge < -0.3 is 32.0 Å². The van der Waals surface area contributed by atoms with Gasteiger partial charge in [0.1, 0.15) is 0 Å². The number of hydrogen-bond donors (Lipinski definition) is 3. The van der Waals surface area contributed by atoms with E-state index in [-0.39, 0.29) is 17.2 Å². The van der Waals surface area contributed by atoms with E-state index in [1.54, 1.807) is 26.2 Å². The van der Waals surface area contributed by atoms with Crippen molar-refractivity contribution < 1.29 is 26.7 Å². The molecule has 0 aromatic carbocycles. The molecular weight excluding hydrogens is 451 g/mol. The second-order valence-electron chi connectivity index (χ2n) is 11.6. The van der Waals surface area contributed by atoms with Crippen LogP contribution in [0.2, 0.25) is 51.9 Å². The van der Waals surface area contributed by atoms with Gasteiger partial charge in [0.15, 0.2) is 0 Å². The van der Waals surface area contributed by atoms with E-state index in [0.29, 0.717) is 6.61 Å². The number of hydrogen-bond acceptors (Lipinski definition) is 7. The average Bonchev–Trinajstić information content (AvgIpc) is 2.33. The van der Waals surface area contributed by atoms with Crippen LogP contribution in [0, 0.1) is 0 Å². The molecule has 1 aliphatic heterocycles. The fourth-order valence-electron chi connectivity index (χ4n) is 4.78. The van der Waals surface area contributed by atoms with Gasteiger partial charge >= 0.3 is 34.2 Å². The van der Waals surface area contributed by atoms with Gasteiger partial charge in [0.25, 0.3) is 0 Å². The molecule has 1 atom stereocenters. The maximum absolute atomic E-state index is 10.4. The molecule has 1 unspecified atom stereocenters. The van der Waals surface area contributed by atoms with Crippen LogP contribution in [0.3, 0.4) is 0 Å². The lowest BCUT2D eigenvalue weighted by atomic mass is 9.81. The Morgan fingerprint density at radius 3 is 1.70 bits per heavy atom. The molecule has 0 aliphatic carbocycles. The van der Waals surface area contributed by atoms with Gasteiger partial charge in [0, 0.05) is 17.7 Å². The molecule has 0 spiro atoms. The van der Waals surface area contributed by atoms with Crippen LogP contribution in [0.1, 0.15) is 47.0 Å². The van der Waals surface area contributed by atoms with Crippen LogP contribution >= 0.6 is 0 Å². The summed E-state index contributed by atoms with van der Waals surface area (Å²) in [6.45, 7) is 22.4. The Balaban J connectivity index is 2.70. The number of nitrogens with one attached hydrogen (secondary N) is 1. The van der Waals surface area contributed by atoms with Crippen LogP contribution in [-0.4, -0.2) is 67.6 Å². The Labute approximate surface area is 188 Å². The maximum Gasteiger partial charge on any atom is 0.320 e. The van der Waals surface area contributed by atoms with Crippen molar-refractivity contribution in [1.82, 2.24) is 5.32 Å². The van der Waals surface area contributed by atoms with Gasteiger partial charge in [-0.3, -0.25) is 0 Å². The van der Waals surface area contributed by atoms with Gasteiger partial charge in [-0.15, -0.1) is 0 Å². The van der Waals surface area contributed by atoms with E-state index in [1.807, 2.05) is 19.6 Å². The van der Waals surface area contributed by atoms with Gasteiger partial charge in [0.05, 0.1) is 6.10 Å². The second-order valence-corrected chi connectivity index (χ2v) is 25.4. The minimum Gasteiger partial charge on any atom is -0.416 e. The predicted octanol–water partition coefficient (Wildman–Crippen LogP) is 3.91. The monoisotopic (exact) mass is 497 g/mol. The first-order valence-corrected chi connectivity index (χ1v) is 22.1. The van der Waals surface area contributed by atoms with E-state index in [1.165, 1.54) is 0 Å². The molecule has 3 N–H and O–H groups in total. The van der Waals surface area contributed by atoms with Gasteiger partial charge in [-0.1, -0.05) is 0 Å². The standard InChI is InChI=1S/C19H47NO6Si4/c1-18(2)15-17(16-19(3,4)20-18)23-13-12-14-30(11,25-28(7,8)22)26-29(9,10)24-27(5,6)21/h17,20-22H,12-16H2,1-11H3. The predicted molar refractivity (Wildman–Crippen MR) is 131 cm³/mol. The summed E-state index contributed by atoms with van der Waals surface area (Å²) in [7, 11) is -10.8. The molecule has 1 heterocycles. The largest absolute Gasteiger partial charge is 0.416 e. The first-order valence-electron chi connectivity index (χ1n) is 11.1. The Bertz CT molecular complexity index is 546. The summed E-state index contributed by atoms with van der Waals surface area (Å²) in [6, 6.07) is 0.717. The van der Waals surface area contributed by atoms with Crippen LogP contribution in [0.4, 0.5) is 0 Å². The maximum atomic E-state index is 10.4. The highest BCUT2D eigenvalue weighted by molar-refractivity contribution is 6.87. The van der Waals surface area contributed by atoms with Crippen molar-refractivity contribution in [2.24, 2.45) is 0 Å². The van der Waals surface area contributed by atoms with Crippen LogP contribution in [-0.2, 0) is 17.1 Å². The van der Waals surface area contributed by atoms with Crippen molar-refractivity contribution >= 4 is 34.2 Å². The normalized spacial score (nSPS) is 22.7. The number of rotatable bonds is 11. The van der Waals surface area contributed by atoms with Crippen molar-refractivity contribution in [3.8, 4) is 0 Å². The average molecular weight is 498 g/mol. The molecule has 1 rings (SSSR count). The quantitative estimate of drug-likeness (QED) is 0.294. The van der Waals surface area contributed by atoms with Crippen molar-refractivity contribution in [2.75, 3.05) is 6.61 Å². The fourth-order valence-corrected chi connectivity index (χ4v) is 20.7. The highest BCUT2D eigenvalue weighted by atomic mass is 28.5. The summed E-state index contributed by atoms with van der Waals surface area (Å²) in [5.74, 6) is 0. The summed E-state index contributed by atoms with van der Waals surface area (Å²) < 4.78 is 24.8. The second kappa shape index (κ2) is 9.83.